The van der Waals surface area contributed by atoms with Gasteiger partial charge in [0.05, 0.1) is 12.3 Å². The molecule has 0 aliphatic rings. The van der Waals surface area contributed by atoms with Crippen molar-refractivity contribution in [2.45, 2.75) is 32.7 Å². The van der Waals surface area contributed by atoms with Crippen molar-refractivity contribution >= 4 is 5.71 Å². The van der Waals surface area contributed by atoms with Gasteiger partial charge in [-0.25, -0.2) is 0 Å². The first kappa shape index (κ1) is 17.2. The van der Waals surface area contributed by atoms with Crippen LogP contribution >= 0.6 is 0 Å². The first-order valence-corrected chi connectivity index (χ1v) is 8.79. The number of rotatable bonds is 4. The maximum atomic E-state index is 4.94. The van der Waals surface area contributed by atoms with Crippen LogP contribution in [0.4, 0.5) is 0 Å². The third-order valence-corrected chi connectivity index (χ3v) is 4.33. The molecule has 0 unspecified atom stereocenters. The van der Waals surface area contributed by atoms with Crippen LogP contribution in [0.5, 0.6) is 0 Å². The number of hydrogen-bond acceptors (Lipinski definition) is 1. The van der Waals surface area contributed by atoms with Gasteiger partial charge in [-0.3, -0.25) is 4.99 Å². The van der Waals surface area contributed by atoms with Gasteiger partial charge in [0.15, 0.2) is 0 Å². The molecule has 126 valence electrons. The maximum absolute atomic E-state index is 4.94. The molecule has 0 aliphatic carbocycles. The van der Waals surface area contributed by atoms with Crippen molar-refractivity contribution in [1.82, 2.24) is 0 Å². The van der Waals surface area contributed by atoms with E-state index in [0.717, 1.165) is 16.8 Å². The summed E-state index contributed by atoms with van der Waals surface area (Å²) < 4.78 is 0. The molecule has 0 heterocycles. The molecule has 25 heavy (non-hydrogen) atoms. The Bertz CT molecular complexity index is 781. The predicted molar refractivity (Wildman–Crippen MR) is 107 cm³/mol. The van der Waals surface area contributed by atoms with Crippen LogP contribution in [0.2, 0.25) is 0 Å². The Kier molecular flexibility index (Phi) is 5.14. The number of nitrogens with zero attached hydrogens (tertiary/aromatic N) is 1. The molecule has 0 atom stereocenters. The summed E-state index contributed by atoms with van der Waals surface area (Å²) in [6.07, 6.45) is 0. The Hall–Kier alpha value is -2.67. The lowest BCUT2D eigenvalue weighted by Crippen LogP contribution is -2.10. The van der Waals surface area contributed by atoms with Crippen LogP contribution < -0.4 is 0 Å². The minimum atomic E-state index is 0.182. The number of benzene rings is 3. The van der Waals surface area contributed by atoms with Gasteiger partial charge in [0, 0.05) is 11.1 Å². The summed E-state index contributed by atoms with van der Waals surface area (Å²) in [6, 6.07) is 29.6. The summed E-state index contributed by atoms with van der Waals surface area (Å²) in [7, 11) is 0. The number of hydrogen-bond donors (Lipinski definition) is 0. The molecule has 0 spiro atoms. The summed E-state index contributed by atoms with van der Waals surface area (Å²) >= 11 is 0. The Labute approximate surface area is 151 Å². The molecule has 0 saturated carbocycles. The molecule has 0 amide bonds. The van der Waals surface area contributed by atoms with Crippen molar-refractivity contribution in [1.29, 1.82) is 0 Å². The van der Waals surface area contributed by atoms with Crippen molar-refractivity contribution in [2.75, 3.05) is 0 Å². The standard InChI is InChI=1S/C24H25N/c1-24(2,3)22-16-14-19(15-17-22)18-25-23(20-10-6-4-7-11-20)21-12-8-5-9-13-21/h4-17H,18H2,1-3H3. The highest BCUT2D eigenvalue weighted by molar-refractivity contribution is 6.12. The van der Waals surface area contributed by atoms with Crippen LogP contribution in [0.15, 0.2) is 89.9 Å². The minimum Gasteiger partial charge on any atom is -0.279 e. The van der Waals surface area contributed by atoms with Crippen molar-refractivity contribution < 1.29 is 0 Å². The molecule has 0 bridgehead atoms. The van der Waals surface area contributed by atoms with Gasteiger partial charge in [-0.2, -0.15) is 0 Å². The highest BCUT2D eigenvalue weighted by Gasteiger charge is 2.12. The Morgan fingerprint density at radius 1 is 0.680 bits per heavy atom. The van der Waals surface area contributed by atoms with Crippen LogP contribution in [-0.4, -0.2) is 5.71 Å². The fraction of sp³-hybridized carbons (Fsp3) is 0.208. The van der Waals surface area contributed by atoms with E-state index in [1.165, 1.54) is 11.1 Å². The summed E-state index contributed by atoms with van der Waals surface area (Å²) in [5, 5.41) is 0. The molecule has 0 aliphatic heterocycles. The lowest BCUT2D eigenvalue weighted by molar-refractivity contribution is 0.590. The largest absolute Gasteiger partial charge is 0.279 e. The average Bonchev–Trinajstić information content (AvgIpc) is 2.63. The molecule has 3 aromatic carbocycles. The zero-order valence-electron chi connectivity index (χ0n) is 15.2. The normalized spacial score (nSPS) is 11.2. The van der Waals surface area contributed by atoms with Crippen LogP contribution in [0, 0.1) is 0 Å². The lowest BCUT2D eigenvalue weighted by atomic mass is 9.87. The molecule has 1 nitrogen and oxygen atoms in total. The number of aliphatic imine (C=N–C) groups is 1. The second kappa shape index (κ2) is 7.48. The molecule has 0 radical (unpaired) electrons. The Balaban J connectivity index is 1.89. The van der Waals surface area contributed by atoms with Crippen molar-refractivity contribution in [3.8, 4) is 0 Å². The first-order valence-electron chi connectivity index (χ1n) is 8.79. The second-order valence-corrected chi connectivity index (χ2v) is 7.34. The monoisotopic (exact) mass is 327 g/mol. The van der Waals surface area contributed by atoms with E-state index in [0.29, 0.717) is 6.54 Å². The molecule has 0 aromatic heterocycles. The van der Waals surface area contributed by atoms with E-state index in [9.17, 15) is 0 Å². The summed E-state index contributed by atoms with van der Waals surface area (Å²) in [5.74, 6) is 0. The highest BCUT2D eigenvalue weighted by atomic mass is 14.7. The predicted octanol–water partition coefficient (Wildman–Crippen LogP) is 6.02. The quantitative estimate of drug-likeness (QED) is 0.519. The smallest absolute Gasteiger partial charge is 0.0723 e. The fourth-order valence-electron chi connectivity index (χ4n) is 2.82. The van der Waals surface area contributed by atoms with Gasteiger partial charge in [0.1, 0.15) is 0 Å². The molecule has 0 N–H and O–H groups in total. The zero-order valence-corrected chi connectivity index (χ0v) is 15.2. The molecular formula is C24H25N. The molecular weight excluding hydrogens is 302 g/mol. The van der Waals surface area contributed by atoms with Crippen LogP contribution in [0.3, 0.4) is 0 Å². The first-order chi connectivity index (χ1) is 12.0. The SMILES string of the molecule is CC(C)(C)c1ccc(CN=C(c2ccccc2)c2ccccc2)cc1. The van der Waals surface area contributed by atoms with E-state index in [1.807, 2.05) is 12.1 Å². The van der Waals surface area contributed by atoms with Crippen LogP contribution in [-0.2, 0) is 12.0 Å². The van der Waals surface area contributed by atoms with E-state index in [4.69, 9.17) is 4.99 Å². The summed E-state index contributed by atoms with van der Waals surface area (Å²) in [6.45, 7) is 7.40. The molecule has 0 saturated heterocycles. The van der Waals surface area contributed by atoms with Gasteiger partial charge in [0.2, 0.25) is 0 Å². The third kappa shape index (κ3) is 4.45. The average molecular weight is 327 g/mol. The van der Waals surface area contributed by atoms with Gasteiger partial charge in [-0.05, 0) is 16.5 Å². The maximum Gasteiger partial charge on any atom is 0.0723 e. The minimum absolute atomic E-state index is 0.182. The summed E-state index contributed by atoms with van der Waals surface area (Å²) in [5.41, 5.74) is 6.12. The van der Waals surface area contributed by atoms with E-state index < -0.39 is 0 Å². The van der Waals surface area contributed by atoms with Crippen molar-refractivity contribution in [3.63, 3.8) is 0 Å². The van der Waals surface area contributed by atoms with Crippen LogP contribution in [0.1, 0.15) is 43.0 Å². The van der Waals surface area contributed by atoms with Crippen molar-refractivity contribution in [3.05, 3.63) is 107 Å². The van der Waals surface area contributed by atoms with Gasteiger partial charge in [0.25, 0.3) is 0 Å². The Morgan fingerprint density at radius 2 is 1.16 bits per heavy atom. The molecule has 0 fully saturated rings. The zero-order chi connectivity index (χ0) is 17.7. The second-order valence-electron chi connectivity index (χ2n) is 7.34. The van der Waals surface area contributed by atoms with Crippen LogP contribution in [0.25, 0.3) is 0 Å². The van der Waals surface area contributed by atoms with E-state index >= 15 is 0 Å². The fourth-order valence-corrected chi connectivity index (χ4v) is 2.82. The lowest BCUT2D eigenvalue weighted by Gasteiger charge is -2.19. The topological polar surface area (TPSA) is 12.4 Å². The molecule has 3 aromatic rings. The van der Waals surface area contributed by atoms with Gasteiger partial charge >= 0.3 is 0 Å². The highest BCUT2D eigenvalue weighted by Crippen LogP contribution is 2.22. The third-order valence-electron chi connectivity index (χ3n) is 4.33. The van der Waals surface area contributed by atoms with Gasteiger partial charge in [-0.1, -0.05) is 106 Å². The Morgan fingerprint density at radius 3 is 1.60 bits per heavy atom. The van der Waals surface area contributed by atoms with E-state index in [2.05, 4.69) is 93.6 Å². The molecule has 3 rings (SSSR count). The van der Waals surface area contributed by atoms with Crippen molar-refractivity contribution in [2.24, 2.45) is 4.99 Å². The summed E-state index contributed by atoms with van der Waals surface area (Å²) in [4.78, 5) is 4.94. The molecule has 1 heteroatoms. The van der Waals surface area contributed by atoms with E-state index in [1.54, 1.807) is 0 Å². The van der Waals surface area contributed by atoms with Gasteiger partial charge < -0.3 is 0 Å². The van der Waals surface area contributed by atoms with Gasteiger partial charge in [-0.15, -0.1) is 0 Å². The van der Waals surface area contributed by atoms with E-state index in [-0.39, 0.29) is 5.41 Å².